The molecule has 6 rings (SSSR count). The predicted octanol–water partition coefficient (Wildman–Crippen LogP) is 11.4. The van der Waals surface area contributed by atoms with Crippen molar-refractivity contribution in [2.45, 2.75) is 71.4 Å². The number of thiophene rings is 2. The molecule has 0 spiro atoms. The Bertz CT molecular complexity index is 1830. The maximum Gasteiger partial charge on any atom is 0.114 e. The first kappa shape index (κ1) is 32.4. The Labute approximate surface area is 285 Å². The van der Waals surface area contributed by atoms with Crippen LogP contribution in [-0.4, -0.2) is 27.4 Å². The van der Waals surface area contributed by atoms with Crippen molar-refractivity contribution >= 4 is 56.8 Å². The maximum absolute atomic E-state index is 6.00. The Morgan fingerprint density at radius 1 is 0.609 bits per heavy atom. The van der Waals surface area contributed by atoms with E-state index in [4.69, 9.17) is 14.5 Å². The molecule has 0 bridgehead atoms. The summed E-state index contributed by atoms with van der Waals surface area (Å²) in [7, 11) is 0. The molecule has 3 aromatic carbocycles. The predicted molar refractivity (Wildman–Crippen MR) is 204 cm³/mol. The van der Waals surface area contributed by atoms with Gasteiger partial charge >= 0.3 is 0 Å². The van der Waals surface area contributed by atoms with Crippen molar-refractivity contribution in [3.05, 3.63) is 84.9 Å². The van der Waals surface area contributed by atoms with Gasteiger partial charge in [-0.05, 0) is 79.4 Å². The lowest BCUT2D eigenvalue weighted by Gasteiger charge is -2.18. The number of nitrogens with zero attached hydrogens (tertiary/aromatic N) is 2. The molecule has 0 saturated carbocycles. The van der Waals surface area contributed by atoms with E-state index in [9.17, 15) is 0 Å². The minimum atomic E-state index is 0.315. The maximum atomic E-state index is 6.00. The minimum absolute atomic E-state index is 0.315. The van der Waals surface area contributed by atoms with Crippen LogP contribution in [0.2, 0.25) is 0 Å². The van der Waals surface area contributed by atoms with Crippen LogP contribution in [0.4, 0.5) is 11.4 Å². The lowest BCUT2D eigenvalue weighted by molar-refractivity contribution is 0.614. The van der Waals surface area contributed by atoms with Crippen LogP contribution in [-0.2, 0) is 0 Å². The molecule has 5 nitrogen and oxygen atoms in total. The van der Waals surface area contributed by atoms with E-state index in [2.05, 4.69) is 116 Å². The van der Waals surface area contributed by atoms with Gasteiger partial charge in [-0.25, -0.2) is 0 Å². The van der Waals surface area contributed by atoms with E-state index in [1.165, 1.54) is 80.2 Å². The molecule has 0 saturated heterocycles. The highest BCUT2D eigenvalue weighted by molar-refractivity contribution is 7.19. The number of aromatic nitrogens is 2. The SMILES string of the molecule is CCCCC(C)Nc1ccc(-c2ccc(-c3ccc(-c4ccc(-c5ccc(NC(CN)CCCC)cc5)s4)c4nsnc34)s2)cc1. The van der Waals surface area contributed by atoms with Crippen LogP contribution < -0.4 is 16.4 Å². The van der Waals surface area contributed by atoms with Crippen molar-refractivity contribution in [2.75, 3.05) is 17.2 Å². The molecular weight excluding hydrogens is 623 g/mol. The van der Waals surface area contributed by atoms with Gasteiger partial charge in [0.1, 0.15) is 11.0 Å². The molecule has 238 valence electrons. The van der Waals surface area contributed by atoms with Crippen LogP contribution in [0.1, 0.15) is 59.3 Å². The number of nitrogens with two attached hydrogens (primary N) is 1. The highest BCUT2D eigenvalue weighted by Crippen LogP contribution is 2.42. The third-order valence-electron chi connectivity index (χ3n) is 8.46. The van der Waals surface area contributed by atoms with Crippen LogP contribution >= 0.6 is 34.4 Å². The average molecular weight is 666 g/mol. The van der Waals surface area contributed by atoms with Crippen molar-refractivity contribution in [1.82, 2.24) is 8.75 Å². The first-order valence-corrected chi connectivity index (χ1v) is 18.8. The van der Waals surface area contributed by atoms with E-state index in [1.54, 1.807) is 11.3 Å². The second-order valence-electron chi connectivity index (χ2n) is 12.0. The summed E-state index contributed by atoms with van der Waals surface area (Å²) in [5.41, 5.74) is 15.0. The number of fused-ring (bicyclic) bond motifs is 1. The van der Waals surface area contributed by atoms with Gasteiger partial charge in [-0.1, -0.05) is 75.9 Å². The van der Waals surface area contributed by atoms with Crippen molar-refractivity contribution in [2.24, 2.45) is 5.73 Å². The fraction of sp³-hybridized carbons (Fsp3) is 0.316. The van der Waals surface area contributed by atoms with Gasteiger partial charge in [-0.15, -0.1) is 22.7 Å². The lowest BCUT2D eigenvalue weighted by atomic mass is 10.1. The van der Waals surface area contributed by atoms with Crippen LogP contribution in [0, 0.1) is 0 Å². The van der Waals surface area contributed by atoms with Crippen molar-refractivity contribution in [3.8, 4) is 41.8 Å². The summed E-state index contributed by atoms with van der Waals surface area (Å²) in [5, 5.41) is 7.23. The van der Waals surface area contributed by atoms with E-state index in [1.807, 2.05) is 11.3 Å². The van der Waals surface area contributed by atoms with Gasteiger partial charge in [-0.3, -0.25) is 0 Å². The smallest absolute Gasteiger partial charge is 0.114 e. The molecule has 3 aromatic heterocycles. The fourth-order valence-corrected chi connectivity index (χ4v) is 8.45. The Hall–Kier alpha value is -3.56. The number of unbranched alkanes of at least 4 members (excludes halogenated alkanes) is 2. The molecule has 0 aliphatic rings. The number of anilines is 2. The van der Waals surface area contributed by atoms with Crippen LogP contribution in [0.15, 0.2) is 84.9 Å². The molecule has 46 heavy (non-hydrogen) atoms. The van der Waals surface area contributed by atoms with Crippen LogP contribution in [0.3, 0.4) is 0 Å². The zero-order valence-corrected chi connectivity index (χ0v) is 29.3. The van der Waals surface area contributed by atoms with Crippen molar-refractivity contribution < 1.29 is 0 Å². The van der Waals surface area contributed by atoms with E-state index >= 15 is 0 Å². The summed E-state index contributed by atoms with van der Waals surface area (Å²) in [4.78, 5) is 4.91. The van der Waals surface area contributed by atoms with E-state index in [-0.39, 0.29) is 0 Å². The van der Waals surface area contributed by atoms with Gasteiger partial charge < -0.3 is 16.4 Å². The molecule has 0 radical (unpaired) electrons. The number of rotatable bonds is 15. The zero-order valence-electron chi connectivity index (χ0n) is 26.9. The number of hydrogen-bond acceptors (Lipinski definition) is 8. The highest BCUT2D eigenvalue weighted by atomic mass is 32.1. The molecule has 0 amide bonds. The molecular formula is C38H43N5S3. The molecule has 0 aliphatic heterocycles. The molecule has 0 fully saturated rings. The second-order valence-corrected chi connectivity index (χ2v) is 14.7. The lowest BCUT2D eigenvalue weighted by Crippen LogP contribution is -2.28. The summed E-state index contributed by atoms with van der Waals surface area (Å²) in [5.74, 6) is 0. The highest BCUT2D eigenvalue weighted by Gasteiger charge is 2.17. The summed E-state index contributed by atoms with van der Waals surface area (Å²) < 4.78 is 9.53. The molecule has 8 heteroatoms. The van der Waals surface area contributed by atoms with Crippen LogP contribution in [0.25, 0.3) is 52.8 Å². The molecule has 2 atom stereocenters. The molecule has 6 aromatic rings. The molecule has 0 aliphatic carbocycles. The van der Waals surface area contributed by atoms with Crippen LogP contribution in [0.5, 0.6) is 0 Å². The van der Waals surface area contributed by atoms with Gasteiger partial charge in [0.05, 0.1) is 11.7 Å². The van der Waals surface area contributed by atoms with Gasteiger partial charge in [0.25, 0.3) is 0 Å². The van der Waals surface area contributed by atoms with Crippen molar-refractivity contribution in [1.29, 1.82) is 0 Å². The molecule has 4 N–H and O–H groups in total. The van der Waals surface area contributed by atoms with Gasteiger partial charge in [0, 0.05) is 60.6 Å². The Morgan fingerprint density at radius 2 is 1.09 bits per heavy atom. The molecule has 3 heterocycles. The largest absolute Gasteiger partial charge is 0.383 e. The van der Waals surface area contributed by atoms with Crippen molar-refractivity contribution in [3.63, 3.8) is 0 Å². The van der Waals surface area contributed by atoms with E-state index in [0.717, 1.165) is 34.3 Å². The summed E-state index contributed by atoms with van der Waals surface area (Å²) in [6.07, 6.45) is 7.15. The van der Waals surface area contributed by atoms with Gasteiger partial charge in [0.2, 0.25) is 0 Å². The second kappa shape index (κ2) is 15.4. The number of nitrogens with one attached hydrogen (secondary N) is 2. The molecule has 2 unspecified atom stereocenters. The number of benzene rings is 3. The minimum Gasteiger partial charge on any atom is -0.383 e. The average Bonchev–Trinajstić information content (AvgIpc) is 3.88. The summed E-state index contributed by atoms with van der Waals surface area (Å²) in [6.45, 7) is 7.37. The third kappa shape index (κ3) is 7.52. The monoisotopic (exact) mass is 665 g/mol. The third-order valence-corrected chi connectivity index (χ3v) is 11.3. The quantitative estimate of drug-likeness (QED) is 0.102. The standard InChI is InChI=1S/C38H43N5S3/c1-4-6-8-25(3)40-28-14-10-26(11-15-28)33-20-22-35(44-33)31-18-19-32(38-37(31)42-46-43-38)36-23-21-34(45-36)27-12-16-29(17-13-27)41-30(24-39)9-7-5-2/h10-23,25,30,40-41H,4-9,24,39H2,1-3H3. The summed E-state index contributed by atoms with van der Waals surface area (Å²) in [6, 6.07) is 31.6. The number of hydrogen-bond donors (Lipinski definition) is 3. The van der Waals surface area contributed by atoms with E-state index in [0.29, 0.717) is 18.6 Å². The fourth-order valence-electron chi connectivity index (χ4n) is 5.80. The van der Waals surface area contributed by atoms with E-state index < -0.39 is 0 Å². The Kier molecular flexibility index (Phi) is 10.8. The Balaban J connectivity index is 1.17. The first-order valence-electron chi connectivity index (χ1n) is 16.5. The first-order chi connectivity index (χ1) is 22.6. The van der Waals surface area contributed by atoms with Gasteiger partial charge in [-0.2, -0.15) is 8.75 Å². The zero-order chi connectivity index (χ0) is 31.9. The van der Waals surface area contributed by atoms with Gasteiger partial charge in [0.15, 0.2) is 0 Å². The Morgan fingerprint density at radius 3 is 1.59 bits per heavy atom. The topological polar surface area (TPSA) is 75.9 Å². The normalized spacial score (nSPS) is 12.8. The summed E-state index contributed by atoms with van der Waals surface area (Å²) >= 11 is 4.89.